The van der Waals surface area contributed by atoms with E-state index in [9.17, 15) is 37.8 Å². The fraction of sp³-hybridized carbons (Fsp3) is 0.490. The Bertz CT molecular complexity index is 2710. The van der Waals surface area contributed by atoms with E-state index in [-0.39, 0.29) is 48.2 Å². The van der Waals surface area contributed by atoms with Crippen LogP contribution in [-0.4, -0.2) is 108 Å². The number of phenols is 1. The fourth-order valence-electron chi connectivity index (χ4n) is 10.3. The Balaban J connectivity index is 0.840. The largest absolute Gasteiger partial charge is 0.507 e. The molecule has 8 rings (SSSR count). The number of nitrogens with one attached hydrogen (secondary N) is 2. The van der Waals surface area contributed by atoms with E-state index in [1.54, 1.807) is 36.7 Å². The van der Waals surface area contributed by atoms with Crippen molar-refractivity contribution in [2.75, 3.05) is 35.2 Å². The van der Waals surface area contributed by atoms with E-state index in [1.807, 2.05) is 45.3 Å². The van der Waals surface area contributed by atoms with Crippen molar-refractivity contribution >= 4 is 46.5 Å². The molecule has 16 nitrogen and oxygen atoms in total. The molecule has 20 heteroatoms. The minimum atomic E-state index is -4.70. The molecule has 3 fully saturated rings. The van der Waals surface area contributed by atoms with Gasteiger partial charge in [0.2, 0.25) is 23.7 Å². The smallest absolute Gasteiger partial charge is 0.416 e. The van der Waals surface area contributed by atoms with Gasteiger partial charge < -0.3 is 41.3 Å². The van der Waals surface area contributed by atoms with Gasteiger partial charge in [0.15, 0.2) is 5.82 Å². The quantitative estimate of drug-likeness (QED) is 0.0858. The van der Waals surface area contributed by atoms with E-state index < -0.39 is 53.7 Å². The third-order valence-corrected chi connectivity index (χ3v) is 15.0. The zero-order valence-electron chi connectivity index (χ0n) is 40.8. The molecule has 2 unspecified atom stereocenters. The van der Waals surface area contributed by atoms with Crippen LogP contribution in [0.3, 0.4) is 0 Å². The topological polar surface area (TPSA) is 216 Å². The number of para-hydroxylation sites is 1. The highest BCUT2D eigenvalue weighted by Gasteiger charge is 2.45. The summed E-state index contributed by atoms with van der Waals surface area (Å²) in [5, 5.41) is 35.1. The summed E-state index contributed by atoms with van der Waals surface area (Å²) in [4.78, 5) is 61.9. The molecule has 378 valence electrons. The first-order valence-corrected chi connectivity index (χ1v) is 25.0. The highest BCUT2D eigenvalue weighted by Crippen LogP contribution is 2.38. The van der Waals surface area contributed by atoms with Crippen LogP contribution in [0.2, 0.25) is 0 Å². The van der Waals surface area contributed by atoms with Gasteiger partial charge in [-0.05, 0) is 105 Å². The van der Waals surface area contributed by atoms with Crippen molar-refractivity contribution < 1.29 is 37.8 Å². The second-order valence-corrected chi connectivity index (χ2v) is 21.3. The summed E-state index contributed by atoms with van der Waals surface area (Å²) in [6.07, 6.45) is 1.46. The van der Waals surface area contributed by atoms with Crippen molar-refractivity contribution in [1.29, 1.82) is 0 Å². The zero-order valence-corrected chi connectivity index (χ0v) is 41.6. The third-order valence-electron chi connectivity index (χ3n) is 14.0. The minimum absolute atomic E-state index is 0.0285. The maximum absolute atomic E-state index is 14.3. The van der Waals surface area contributed by atoms with Gasteiger partial charge in [0.1, 0.15) is 17.8 Å². The van der Waals surface area contributed by atoms with E-state index in [0.717, 1.165) is 36.6 Å². The lowest BCUT2D eigenvalue weighted by molar-refractivity contribution is -0.144. The molecular weight excluding hydrogens is 936 g/mol. The van der Waals surface area contributed by atoms with Crippen molar-refractivity contribution in [1.82, 2.24) is 40.7 Å². The number of β-amino-alcohol motifs (C(OH)–C–C–N with tert-alkyl or cyclic N) is 1. The van der Waals surface area contributed by atoms with Gasteiger partial charge >= 0.3 is 6.18 Å². The summed E-state index contributed by atoms with van der Waals surface area (Å²) in [7, 11) is 0. The first kappa shape index (κ1) is 51.0. The van der Waals surface area contributed by atoms with Crippen LogP contribution >= 0.6 is 11.3 Å². The molecule has 2 aromatic carbocycles. The lowest BCUT2D eigenvalue weighted by Gasteiger charge is -2.45. The second kappa shape index (κ2) is 20.7. The van der Waals surface area contributed by atoms with Crippen LogP contribution in [0, 0.1) is 24.2 Å². The lowest BCUT2D eigenvalue weighted by Crippen LogP contribution is -2.58. The number of aliphatic hydroxyl groups is 1. The minimum Gasteiger partial charge on any atom is -0.507 e. The van der Waals surface area contributed by atoms with Gasteiger partial charge in [-0.15, -0.1) is 21.5 Å². The average molecular weight is 998 g/mol. The molecule has 71 heavy (non-hydrogen) atoms. The van der Waals surface area contributed by atoms with Gasteiger partial charge in [-0.2, -0.15) is 13.2 Å². The van der Waals surface area contributed by atoms with Crippen LogP contribution < -0.4 is 26.2 Å². The van der Waals surface area contributed by atoms with Crippen LogP contribution in [0.5, 0.6) is 5.75 Å². The number of phenolic OH excluding ortho intramolecular Hbond substituents is 1. The molecule has 5 atom stereocenters. The highest BCUT2D eigenvalue weighted by atomic mass is 32.1. The Morgan fingerprint density at radius 3 is 2.24 bits per heavy atom. The number of nitrogens with zero attached hydrogens (tertiary/aromatic N) is 8. The molecule has 2 aliphatic heterocycles. The van der Waals surface area contributed by atoms with Crippen LogP contribution in [-0.2, 0) is 33.5 Å². The van der Waals surface area contributed by atoms with E-state index in [2.05, 4.69) is 49.5 Å². The number of nitrogens with two attached hydrogens (primary N) is 1. The van der Waals surface area contributed by atoms with Crippen LogP contribution in [0.25, 0.3) is 21.7 Å². The highest BCUT2D eigenvalue weighted by molar-refractivity contribution is 7.13. The first-order valence-electron chi connectivity index (χ1n) is 24.1. The molecule has 1 saturated carbocycles. The second-order valence-electron chi connectivity index (χ2n) is 20.4. The Kier molecular flexibility index (Phi) is 14.9. The number of piperazine rings is 1. The predicted octanol–water partition coefficient (Wildman–Crippen LogP) is 6.93. The maximum atomic E-state index is 14.3. The van der Waals surface area contributed by atoms with Gasteiger partial charge in [-0.1, -0.05) is 45.0 Å². The van der Waals surface area contributed by atoms with Crippen LogP contribution in [0.4, 0.5) is 30.6 Å². The lowest BCUT2D eigenvalue weighted by atomic mass is 9.78. The number of alkyl halides is 3. The Morgan fingerprint density at radius 2 is 1.61 bits per heavy atom. The number of carbonyl (C=O) groups is 3. The number of aryl methyl sites for hydroxylation is 1. The van der Waals surface area contributed by atoms with Gasteiger partial charge in [0.25, 0.3) is 0 Å². The molecule has 3 aromatic heterocycles. The normalized spacial score (nSPS) is 22.3. The van der Waals surface area contributed by atoms with Crippen molar-refractivity contribution in [3.8, 4) is 27.4 Å². The maximum Gasteiger partial charge on any atom is 0.416 e. The molecule has 5 aromatic rings. The van der Waals surface area contributed by atoms with Crippen molar-refractivity contribution in [2.24, 2.45) is 17.3 Å². The molecule has 3 amide bonds. The molecule has 2 saturated heterocycles. The van der Waals surface area contributed by atoms with Crippen molar-refractivity contribution in [3.63, 3.8) is 0 Å². The van der Waals surface area contributed by atoms with Crippen molar-refractivity contribution in [3.05, 3.63) is 88.8 Å². The third kappa shape index (κ3) is 11.4. The van der Waals surface area contributed by atoms with E-state index in [0.29, 0.717) is 71.0 Å². The van der Waals surface area contributed by atoms with E-state index in [4.69, 9.17) is 15.7 Å². The number of benzene rings is 2. The molecule has 0 bridgehead atoms. The van der Waals surface area contributed by atoms with Gasteiger partial charge in [0, 0.05) is 68.6 Å². The molecule has 3 aliphatic rings. The summed E-state index contributed by atoms with van der Waals surface area (Å²) >= 11 is 1.24. The standard InChI is InChI=1S/C51H62F3N11O5S/c1-28-24-63(40-20-39(61-62-45(40)55)37-9-7-8-10-42(37)67)25-29(2)65(28)49-57-21-32(22-58-49)17-31-11-13-33(14-12-31)46(68)60-44(50(4,5)6)48(70)64-26-36(66)19-41(64)47(69)56-23-35-16-15-34(18-38(35)51(52,53)54)43-30(3)59-27-71-43/h7-10,15-16,18,20-22,27-29,31,33,36,41,44,66-67H,11-14,17,19,23-26H2,1-6H3,(H2,55,62)(H,56,69)(H,60,68)/t28?,29?,31-,33-,36-,41+,44-/m1/s1. The number of hydrogen-bond donors (Lipinski definition) is 5. The number of likely N-dealkylation sites (tertiary alicyclic amines) is 1. The summed E-state index contributed by atoms with van der Waals surface area (Å²) in [6, 6.07) is 10.7. The number of aromatic hydroxyl groups is 1. The number of aliphatic hydroxyl groups excluding tert-OH is 1. The predicted molar refractivity (Wildman–Crippen MR) is 265 cm³/mol. The van der Waals surface area contributed by atoms with Gasteiger partial charge in [-0.3, -0.25) is 14.4 Å². The van der Waals surface area contributed by atoms with Crippen LogP contribution in [0.1, 0.15) is 89.1 Å². The molecule has 5 heterocycles. The molecule has 0 radical (unpaired) electrons. The number of hydrogen-bond acceptors (Lipinski definition) is 14. The number of aromatic nitrogens is 5. The number of nitrogen functional groups attached to an aromatic ring is 1. The zero-order chi connectivity index (χ0) is 50.9. The molecule has 0 spiro atoms. The summed E-state index contributed by atoms with van der Waals surface area (Å²) in [5.74, 6) is -0.481. The number of amides is 3. The monoisotopic (exact) mass is 997 g/mol. The summed E-state index contributed by atoms with van der Waals surface area (Å²) < 4.78 is 42.9. The van der Waals surface area contributed by atoms with Gasteiger partial charge in [0.05, 0.1) is 39.1 Å². The Morgan fingerprint density at radius 1 is 0.915 bits per heavy atom. The number of carbonyl (C=O) groups excluding carboxylic acids is 3. The fourth-order valence-corrected chi connectivity index (χ4v) is 11.1. The number of anilines is 3. The SMILES string of the molecule is Cc1ncsc1-c1ccc(CNC(=O)[C@@H]2C[C@@H](O)CN2C(=O)[C@@H](NC(=O)[C@H]2CC[C@H](Cc3cnc(N4C(C)CN(c5cc(-c6ccccc6O)nnc5N)CC4C)nc3)CC2)C(C)(C)C)c(C(F)(F)F)c1. The molecule has 6 N–H and O–H groups in total. The Hall–Kier alpha value is -6.41. The number of rotatable bonds is 12. The van der Waals surface area contributed by atoms with Crippen molar-refractivity contribution in [2.45, 2.75) is 123 Å². The number of thiazole rings is 1. The van der Waals surface area contributed by atoms with E-state index >= 15 is 0 Å². The van der Waals surface area contributed by atoms with E-state index in [1.165, 1.54) is 22.3 Å². The number of halogens is 3. The van der Waals surface area contributed by atoms with Crippen LogP contribution in [0.15, 0.2) is 66.4 Å². The average Bonchev–Trinajstić information content (AvgIpc) is 3.95. The first-order chi connectivity index (χ1) is 33.7. The molecule has 1 aliphatic carbocycles. The molecular formula is C51H62F3N11O5S. The van der Waals surface area contributed by atoms with Gasteiger partial charge in [-0.25, -0.2) is 15.0 Å². The summed E-state index contributed by atoms with van der Waals surface area (Å²) in [5.41, 5.74) is 9.90. The Labute approximate surface area is 415 Å². The summed E-state index contributed by atoms with van der Waals surface area (Å²) in [6.45, 7) is 12.0.